The number of hydrogen-bond donors (Lipinski definition) is 0. The van der Waals surface area contributed by atoms with Crippen molar-refractivity contribution in [3.8, 4) is 0 Å². The minimum absolute atomic E-state index is 0.0887. The van der Waals surface area contributed by atoms with E-state index in [4.69, 9.17) is 4.74 Å². The number of unbranched alkanes of at least 4 members (excludes halogenated alkanes) is 4. The second kappa shape index (κ2) is 9.13. The average Bonchev–Trinajstić information content (AvgIpc) is 2.83. The molecule has 0 saturated heterocycles. The van der Waals surface area contributed by atoms with Crippen LogP contribution in [-0.4, -0.2) is 29.3 Å². The van der Waals surface area contributed by atoms with Crippen molar-refractivity contribution in [3.05, 3.63) is 11.0 Å². The van der Waals surface area contributed by atoms with Crippen LogP contribution in [0.25, 0.3) is 0 Å². The molecule has 0 N–H and O–H groups in total. The third-order valence-corrected chi connectivity index (χ3v) is 5.14. The van der Waals surface area contributed by atoms with E-state index in [1.54, 1.807) is 6.26 Å². The highest BCUT2D eigenvalue weighted by molar-refractivity contribution is 7.88. The van der Waals surface area contributed by atoms with E-state index in [9.17, 15) is 13.8 Å². The van der Waals surface area contributed by atoms with Crippen molar-refractivity contribution in [1.82, 2.24) is 0 Å². The molecule has 0 aromatic heterocycles. The summed E-state index contributed by atoms with van der Waals surface area (Å²) in [5.74, 6) is -1.60. The molecular weight excluding hydrogens is 288 g/mol. The van der Waals surface area contributed by atoms with Gasteiger partial charge >= 0.3 is 5.97 Å². The van der Waals surface area contributed by atoms with Gasteiger partial charge in [-0.05, 0) is 19.3 Å². The number of Topliss-reactive ketones (excluding diaryl/α,β-unsaturated/α-hetero) is 1. The summed E-state index contributed by atoms with van der Waals surface area (Å²) in [6.07, 6.45) is 10.0. The zero-order chi connectivity index (χ0) is 15.8. The van der Waals surface area contributed by atoms with E-state index >= 15 is 0 Å². The molecule has 5 heteroatoms. The van der Waals surface area contributed by atoms with E-state index < -0.39 is 22.7 Å². The fourth-order valence-corrected chi connectivity index (χ4v) is 3.90. The first-order valence-electron chi connectivity index (χ1n) is 7.66. The molecule has 1 aliphatic rings. The van der Waals surface area contributed by atoms with Crippen LogP contribution in [-0.2, 0) is 25.1 Å². The molecule has 21 heavy (non-hydrogen) atoms. The Labute approximate surface area is 129 Å². The van der Waals surface area contributed by atoms with Gasteiger partial charge in [0.25, 0.3) is 0 Å². The number of esters is 1. The molecule has 0 heterocycles. The Morgan fingerprint density at radius 3 is 2.67 bits per heavy atom. The van der Waals surface area contributed by atoms with Gasteiger partial charge in [0.15, 0.2) is 0 Å². The maximum Gasteiger partial charge on any atom is 0.316 e. The van der Waals surface area contributed by atoms with Gasteiger partial charge in [-0.3, -0.25) is 13.8 Å². The number of carbonyl (C=O) groups excluding carboxylic acids is 2. The van der Waals surface area contributed by atoms with Crippen molar-refractivity contribution < 1.29 is 18.5 Å². The Balaban J connectivity index is 2.79. The minimum atomic E-state index is -1.15. The highest BCUT2D eigenvalue weighted by atomic mass is 32.2. The number of hydrogen-bond acceptors (Lipinski definition) is 4. The van der Waals surface area contributed by atoms with Gasteiger partial charge in [-0.2, -0.15) is 0 Å². The van der Waals surface area contributed by atoms with Crippen LogP contribution in [0.1, 0.15) is 51.9 Å². The predicted molar refractivity (Wildman–Crippen MR) is 84.1 cm³/mol. The van der Waals surface area contributed by atoms with Gasteiger partial charge in [0.2, 0.25) is 0 Å². The third-order valence-electron chi connectivity index (χ3n) is 4.01. The smallest absolute Gasteiger partial charge is 0.316 e. The van der Waals surface area contributed by atoms with Crippen LogP contribution in [0, 0.1) is 11.8 Å². The molecule has 4 nitrogen and oxygen atoms in total. The van der Waals surface area contributed by atoms with Crippen molar-refractivity contribution in [1.29, 1.82) is 0 Å². The number of ketones is 1. The molecule has 0 aromatic rings. The fraction of sp³-hybridized carbons (Fsp3) is 0.750. The molecule has 1 rings (SSSR count). The second-order valence-electron chi connectivity index (χ2n) is 5.52. The van der Waals surface area contributed by atoms with Gasteiger partial charge in [-0.25, -0.2) is 0 Å². The molecule has 0 aromatic carbocycles. The quantitative estimate of drug-likeness (QED) is 0.392. The molecule has 1 aliphatic carbocycles. The average molecular weight is 314 g/mol. The van der Waals surface area contributed by atoms with E-state index in [-0.39, 0.29) is 11.7 Å². The first-order chi connectivity index (χ1) is 10.0. The van der Waals surface area contributed by atoms with E-state index in [0.29, 0.717) is 12.8 Å². The molecule has 1 fully saturated rings. The van der Waals surface area contributed by atoms with Crippen LogP contribution < -0.4 is 0 Å². The van der Waals surface area contributed by atoms with Crippen LogP contribution in [0.5, 0.6) is 0 Å². The first kappa shape index (κ1) is 18.1. The highest BCUT2D eigenvalue weighted by Gasteiger charge is 2.43. The molecule has 0 radical (unpaired) electrons. The first-order valence-corrected chi connectivity index (χ1v) is 9.22. The van der Waals surface area contributed by atoms with Crippen molar-refractivity contribution in [2.75, 3.05) is 13.4 Å². The Morgan fingerprint density at radius 2 is 2.10 bits per heavy atom. The molecule has 3 atom stereocenters. The van der Waals surface area contributed by atoms with Gasteiger partial charge in [-0.1, -0.05) is 32.3 Å². The van der Waals surface area contributed by atoms with Crippen molar-refractivity contribution in [2.24, 2.45) is 11.8 Å². The molecule has 1 saturated carbocycles. The van der Waals surface area contributed by atoms with Crippen molar-refractivity contribution in [3.63, 3.8) is 0 Å². The Kier molecular flexibility index (Phi) is 7.86. The zero-order valence-corrected chi connectivity index (χ0v) is 14.0. The SMILES string of the molecule is CCCCCC/C=C(\C1CCC(=O)C1C(=O)OC)S(C)=O. The molecule has 0 bridgehead atoms. The van der Waals surface area contributed by atoms with Crippen LogP contribution in [0.15, 0.2) is 11.0 Å². The number of carbonyl (C=O) groups is 2. The van der Waals surface area contributed by atoms with Gasteiger partial charge in [0.1, 0.15) is 11.7 Å². The Bertz CT molecular complexity index is 428. The van der Waals surface area contributed by atoms with Crippen molar-refractivity contribution in [2.45, 2.75) is 51.9 Å². The Morgan fingerprint density at radius 1 is 1.38 bits per heavy atom. The maximum atomic E-state index is 12.0. The summed E-state index contributed by atoms with van der Waals surface area (Å²) in [7, 11) is 0.140. The summed E-state index contributed by atoms with van der Waals surface area (Å²) < 4.78 is 16.7. The number of ether oxygens (including phenoxy) is 1. The van der Waals surface area contributed by atoms with Gasteiger partial charge in [0.05, 0.1) is 7.11 Å². The van der Waals surface area contributed by atoms with Gasteiger partial charge < -0.3 is 4.74 Å². The van der Waals surface area contributed by atoms with Crippen molar-refractivity contribution >= 4 is 22.6 Å². The molecular formula is C16H26O4S. The van der Waals surface area contributed by atoms with Gasteiger partial charge in [0, 0.05) is 34.3 Å². The predicted octanol–water partition coefficient (Wildman–Crippen LogP) is 2.99. The van der Waals surface area contributed by atoms with Crippen LogP contribution in [0.3, 0.4) is 0 Å². The topological polar surface area (TPSA) is 60.4 Å². The molecule has 3 unspecified atom stereocenters. The monoisotopic (exact) mass is 314 g/mol. The number of methoxy groups -OCH3 is 1. The second-order valence-corrected chi connectivity index (χ2v) is 6.90. The highest BCUT2D eigenvalue weighted by Crippen LogP contribution is 2.36. The molecule has 0 amide bonds. The summed E-state index contributed by atoms with van der Waals surface area (Å²) in [4.78, 5) is 24.5. The number of allylic oxidation sites excluding steroid dienone is 2. The normalized spacial score (nSPS) is 24.1. The lowest BCUT2D eigenvalue weighted by molar-refractivity contribution is -0.149. The fourth-order valence-electron chi connectivity index (χ4n) is 2.87. The standard InChI is InChI=1S/C16H26O4S/c1-4-5-6-7-8-9-14(21(3)19)12-10-11-13(17)15(12)16(18)20-2/h9,12,15H,4-8,10-11H2,1-3H3/b14-9+. The van der Waals surface area contributed by atoms with Crippen LogP contribution in [0.4, 0.5) is 0 Å². The zero-order valence-electron chi connectivity index (χ0n) is 13.2. The van der Waals surface area contributed by atoms with E-state index in [1.165, 1.54) is 20.0 Å². The molecule has 0 aliphatic heterocycles. The summed E-state index contributed by atoms with van der Waals surface area (Å²) in [5, 5.41) is 0. The third kappa shape index (κ3) is 5.06. The lowest BCUT2D eigenvalue weighted by Crippen LogP contribution is -2.28. The van der Waals surface area contributed by atoms with Gasteiger partial charge in [-0.15, -0.1) is 0 Å². The van der Waals surface area contributed by atoms with E-state index in [0.717, 1.165) is 24.2 Å². The summed E-state index contributed by atoms with van der Waals surface area (Å²) >= 11 is 0. The lowest BCUT2D eigenvalue weighted by atomic mass is 9.94. The summed E-state index contributed by atoms with van der Waals surface area (Å²) in [6, 6.07) is 0. The van der Waals surface area contributed by atoms with Crippen LogP contribution >= 0.6 is 0 Å². The summed E-state index contributed by atoms with van der Waals surface area (Å²) in [6.45, 7) is 2.16. The Hall–Kier alpha value is -0.970. The van der Waals surface area contributed by atoms with Crippen LogP contribution in [0.2, 0.25) is 0 Å². The number of rotatable bonds is 8. The van der Waals surface area contributed by atoms with E-state index in [1.807, 2.05) is 6.08 Å². The maximum absolute atomic E-state index is 12.0. The van der Waals surface area contributed by atoms with E-state index in [2.05, 4.69) is 6.92 Å². The largest absolute Gasteiger partial charge is 0.468 e. The summed E-state index contributed by atoms with van der Waals surface area (Å²) in [5.41, 5.74) is 0. The minimum Gasteiger partial charge on any atom is -0.468 e. The molecule has 0 spiro atoms. The lowest BCUT2D eigenvalue weighted by Gasteiger charge is -2.18. The molecule has 120 valence electrons.